The summed E-state index contributed by atoms with van der Waals surface area (Å²) >= 11 is 0. The van der Waals surface area contributed by atoms with Gasteiger partial charge in [-0.1, -0.05) is 13.5 Å². The second-order valence-corrected chi connectivity index (χ2v) is 3.42. The second-order valence-electron chi connectivity index (χ2n) is 3.42. The van der Waals surface area contributed by atoms with E-state index in [1.165, 1.54) is 6.92 Å². The minimum absolute atomic E-state index is 0.00299. The van der Waals surface area contributed by atoms with Crippen molar-refractivity contribution < 1.29 is 14.3 Å². The van der Waals surface area contributed by atoms with Crippen LogP contribution in [0.25, 0.3) is 0 Å². The molecule has 0 atom stereocenters. The standard InChI is InChI=1S/C11H19NO3/c1-5-6-12(10(4)13)7-8-15-11(14)9(2)3/h2,5-8H2,1,3-4H3. The fourth-order valence-corrected chi connectivity index (χ4v) is 1.07. The summed E-state index contributed by atoms with van der Waals surface area (Å²) in [5.41, 5.74) is 0.375. The third-order valence-electron chi connectivity index (χ3n) is 1.88. The van der Waals surface area contributed by atoms with Gasteiger partial charge in [0.25, 0.3) is 0 Å². The topological polar surface area (TPSA) is 46.6 Å². The first-order chi connectivity index (χ1) is 6.99. The number of hydrogen-bond acceptors (Lipinski definition) is 3. The van der Waals surface area contributed by atoms with Crippen LogP contribution in [0.4, 0.5) is 0 Å². The molecular weight excluding hydrogens is 194 g/mol. The molecule has 0 aromatic heterocycles. The van der Waals surface area contributed by atoms with Crippen LogP contribution in [0.5, 0.6) is 0 Å². The van der Waals surface area contributed by atoms with E-state index in [2.05, 4.69) is 6.58 Å². The van der Waals surface area contributed by atoms with Gasteiger partial charge in [-0.15, -0.1) is 0 Å². The lowest BCUT2D eigenvalue weighted by Gasteiger charge is -2.19. The smallest absolute Gasteiger partial charge is 0.333 e. The predicted molar refractivity (Wildman–Crippen MR) is 58.3 cm³/mol. The van der Waals surface area contributed by atoms with E-state index >= 15 is 0 Å². The summed E-state index contributed by atoms with van der Waals surface area (Å²) in [4.78, 5) is 23.8. The van der Waals surface area contributed by atoms with Gasteiger partial charge in [0.05, 0.1) is 6.54 Å². The normalized spacial score (nSPS) is 9.53. The molecule has 0 unspecified atom stereocenters. The molecule has 0 saturated heterocycles. The molecule has 4 heteroatoms. The van der Waals surface area contributed by atoms with Crippen LogP contribution in [0.15, 0.2) is 12.2 Å². The molecule has 0 aliphatic carbocycles. The van der Waals surface area contributed by atoms with Crippen molar-refractivity contribution in [1.29, 1.82) is 0 Å². The Hall–Kier alpha value is -1.32. The van der Waals surface area contributed by atoms with Crippen LogP contribution in [-0.2, 0) is 14.3 Å². The zero-order valence-electron chi connectivity index (χ0n) is 9.71. The van der Waals surface area contributed by atoms with Gasteiger partial charge in [-0.2, -0.15) is 0 Å². The molecule has 0 bridgehead atoms. The molecule has 0 aromatic carbocycles. The largest absolute Gasteiger partial charge is 0.460 e. The van der Waals surface area contributed by atoms with Gasteiger partial charge in [-0.25, -0.2) is 4.79 Å². The van der Waals surface area contributed by atoms with E-state index in [9.17, 15) is 9.59 Å². The van der Waals surface area contributed by atoms with Crippen molar-refractivity contribution in [3.8, 4) is 0 Å². The Morgan fingerprint density at radius 3 is 2.27 bits per heavy atom. The molecule has 0 radical (unpaired) electrons. The van der Waals surface area contributed by atoms with Crippen molar-refractivity contribution >= 4 is 11.9 Å². The van der Waals surface area contributed by atoms with Crippen LogP contribution in [0.2, 0.25) is 0 Å². The molecule has 0 rings (SSSR count). The van der Waals surface area contributed by atoms with E-state index in [0.29, 0.717) is 18.7 Å². The van der Waals surface area contributed by atoms with Crippen LogP contribution in [0, 0.1) is 0 Å². The Balaban J connectivity index is 3.85. The van der Waals surface area contributed by atoms with Crippen molar-refractivity contribution in [1.82, 2.24) is 4.90 Å². The first kappa shape index (κ1) is 13.7. The van der Waals surface area contributed by atoms with E-state index in [4.69, 9.17) is 4.74 Å². The number of hydrogen-bond donors (Lipinski definition) is 0. The molecule has 0 heterocycles. The molecule has 86 valence electrons. The fraction of sp³-hybridized carbons (Fsp3) is 0.636. The summed E-state index contributed by atoms with van der Waals surface area (Å²) in [5.74, 6) is -0.404. The molecule has 0 aliphatic heterocycles. The lowest BCUT2D eigenvalue weighted by molar-refractivity contribution is -0.141. The number of ether oxygens (including phenoxy) is 1. The highest BCUT2D eigenvalue weighted by Crippen LogP contribution is 1.95. The number of esters is 1. The van der Waals surface area contributed by atoms with Gasteiger partial charge >= 0.3 is 5.97 Å². The van der Waals surface area contributed by atoms with Gasteiger partial charge in [0, 0.05) is 19.0 Å². The number of amides is 1. The van der Waals surface area contributed by atoms with Crippen molar-refractivity contribution in [2.75, 3.05) is 19.7 Å². The summed E-state index contributed by atoms with van der Waals surface area (Å²) in [6, 6.07) is 0. The lowest BCUT2D eigenvalue weighted by atomic mass is 10.3. The predicted octanol–water partition coefficient (Wildman–Crippen LogP) is 1.36. The highest BCUT2D eigenvalue weighted by atomic mass is 16.5. The molecule has 0 N–H and O–H groups in total. The Kier molecular flexibility index (Phi) is 6.42. The maximum absolute atomic E-state index is 11.1. The maximum atomic E-state index is 11.1. The summed E-state index contributed by atoms with van der Waals surface area (Å²) < 4.78 is 4.90. The highest BCUT2D eigenvalue weighted by Gasteiger charge is 2.08. The Morgan fingerprint density at radius 2 is 1.87 bits per heavy atom. The first-order valence-corrected chi connectivity index (χ1v) is 5.07. The van der Waals surface area contributed by atoms with Gasteiger partial charge in [0.1, 0.15) is 6.61 Å². The summed E-state index contributed by atoms with van der Waals surface area (Å²) in [6.07, 6.45) is 0.897. The molecule has 1 amide bonds. The van der Waals surface area contributed by atoms with Gasteiger partial charge in [0.2, 0.25) is 5.91 Å². The zero-order chi connectivity index (χ0) is 11.8. The van der Waals surface area contributed by atoms with Crippen molar-refractivity contribution in [3.63, 3.8) is 0 Å². The van der Waals surface area contributed by atoms with Gasteiger partial charge in [0.15, 0.2) is 0 Å². The number of nitrogens with zero attached hydrogens (tertiary/aromatic N) is 1. The highest BCUT2D eigenvalue weighted by molar-refractivity contribution is 5.86. The molecular formula is C11H19NO3. The van der Waals surface area contributed by atoms with E-state index in [1.54, 1.807) is 11.8 Å². The van der Waals surface area contributed by atoms with Crippen LogP contribution in [0.1, 0.15) is 27.2 Å². The lowest BCUT2D eigenvalue weighted by Crippen LogP contribution is -2.33. The van der Waals surface area contributed by atoms with E-state index in [0.717, 1.165) is 6.42 Å². The molecule has 4 nitrogen and oxygen atoms in total. The van der Waals surface area contributed by atoms with Crippen LogP contribution in [0.3, 0.4) is 0 Å². The zero-order valence-corrected chi connectivity index (χ0v) is 9.71. The van der Waals surface area contributed by atoms with E-state index < -0.39 is 5.97 Å². The summed E-state index contributed by atoms with van der Waals surface area (Å²) in [5, 5.41) is 0. The van der Waals surface area contributed by atoms with E-state index in [1.807, 2.05) is 6.92 Å². The average Bonchev–Trinajstić information content (AvgIpc) is 2.15. The van der Waals surface area contributed by atoms with Crippen LogP contribution in [-0.4, -0.2) is 36.5 Å². The minimum atomic E-state index is -0.407. The molecule has 0 aliphatic rings. The first-order valence-electron chi connectivity index (χ1n) is 5.07. The molecule has 0 fully saturated rings. The van der Waals surface area contributed by atoms with E-state index in [-0.39, 0.29) is 12.5 Å². The Morgan fingerprint density at radius 1 is 1.27 bits per heavy atom. The van der Waals surface area contributed by atoms with Gasteiger partial charge in [-0.05, 0) is 13.3 Å². The van der Waals surface area contributed by atoms with Crippen LogP contribution >= 0.6 is 0 Å². The Labute approximate surface area is 90.9 Å². The Bertz CT molecular complexity index is 248. The SMILES string of the molecule is C=C(C)C(=O)OCCN(CCC)C(C)=O. The van der Waals surface area contributed by atoms with Crippen LogP contribution < -0.4 is 0 Å². The minimum Gasteiger partial charge on any atom is -0.460 e. The maximum Gasteiger partial charge on any atom is 0.333 e. The van der Waals surface area contributed by atoms with Crippen molar-refractivity contribution in [2.45, 2.75) is 27.2 Å². The van der Waals surface area contributed by atoms with Crippen molar-refractivity contribution in [3.05, 3.63) is 12.2 Å². The number of carbonyl (C=O) groups excluding carboxylic acids is 2. The van der Waals surface area contributed by atoms with Gasteiger partial charge in [-0.3, -0.25) is 4.79 Å². The van der Waals surface area contributed by atoms with Crippen molar-refractivity contribution in [2.24, 2.45) is 0 Å². The molecule has 15 heavy (non-hydrogen) atoms. The quantitative estimate of drug-likeness (QED) is 0.494. The molecule has 0 spiro atoms. The number of carbonyl (C=O) groups is 2. The monoisotopic (exact) mass is 213 g/mol. The fourth-order valence-electron chi connectivity index (χ4n) is 1.07. The summed E-state index contributed by atoms with van der Waals surface area (Å²) in [6.45, 7) is 9.94. The third kappa shape index (κ3) is 5.88. The third-order valence-corrected chi connectivity index (χ3v) is 1.88. The molecule has 0 aromatic rings. The summed E-state index contributed by atoms with van der Waals surface area (Å²) in [7, 11) is 0. The second kappa shape index (κ2) is 7.04. The molecule has 0 saturated carbocycles. The average molecular weight is 213 g/mol. The van der Waals surface area contributed by atoms with Gasteiger partial charge < -0.3 is 9.64 Å². The number of rotatable bonds is 6.